The van der Waals surface area contributed by atoms with Crippen molar-refractivity contribution >= 4 is 17.7 Å². The Morgan fingerprint density at radius 2 is 1.54 bits per heavy atom. The van der Waals surface area contributed by atoms with Gasteiger partial charge >= 0.3 is 0 Å². The number of imidazole rings is 1. The van der Waals surface area contributed by atoms with E-state index in [-0.39, 0.29) is 5.91 Å². The first-order chi connectivity index (χ1) is 17.1. The number of aromatic nitrogens is 2. The standard InChI is InChI=1S/C28H37N3O3S/c1-5-7-8-19-29-25(32)10-9-20-35-28-30-26(21-11-15-23(33-3)16-12-21)27(31(28)6-2)22-13-17-24(34-4)18-14-22/h11-18H,5-10,19-20H2,1-4H3,(H,29,32). The summed E-state index contributed by atoms with van der Waals surface area (Å²) in [7, 11) is 3.35. The normalized spacial score (nSPS) is 10.9. The molecule has 0 spiro atoms. The summed E-state index contributed by atoms with van der Waals surface area (Å²) < 4.78 is 13.0. The molecule has 0 aliphatic heterocycles. The third-order valence-electron chi connectivity index (χ3n) is 5.86. The second-order valence-corrected chi connectivity index (χ2v) is 9.36. The highest BCUT2D eigenvalue weighted by Crippen LogP contribution is 2.37. The molecule has 1 N–H and O–H groups in total. The lowest BCUT2D eigenvalue weighted by molar-refractivity contribution is -0.121. The van der Waals surface area contributed by atoms with Crippen molar-refractivity contribution in [3.63, 3.8) is 0 Å². The second kappa shape index (κ2) is 13.8. The minimum Gasteiger partial charge on any atom is -0.497 e. The number of hydrogen-bond acceptors (Lipinski definition) is 5. The van der Waals surface area contributed by atoms with Crippen LogP contribution >= 0.6 is 11.8 Å². The van der Waals surface area contributed by atoms with Gasteiger partial charge in [-0.1, -0.05) is 31.5 Å². The van der Waals surface area contributed by atoms with Crippen LogP contribution in [0.2, 0.25) is 0 Å². The Labute approximate surface area is 213 Å². The summed E-state index contributed by atoms with van der Waals surface area (Å²) in [4.78, 5) is 17.2. The molecule has 1 aromatic heterocycles. The van der Waals surface area contributed by atoms with Gasteiger partial charge in [-0.05, 0) is 68.3 Å². The van der Waals surface area contributed by atoms with Crippen LogP contribution < -0.4 is 14.8 Å². The minimum absolute atomic E-state index is 0.137. The van der Waals surface area contributed by atoms with Crippen molar-refractivity contribution in [2.45, 2.75) is 57.7 Å². The number of nitrogens with zero attached hydrogens (tertiary/aromatic N) is 2. The number of carbonyl (C=O) groups is 1. The van der Waals surface area contributed by atoms with Crippen LogP contribution in [0.3, 0.4) is 0 Å². The van der Waals surface area contributed by atoms with Gasteiger partial charge in [-0.25, -0.2) is 4.98 Å². The number of unbranched alkanes of at least 4 members (excludes halogenated alkanes) is 2. The second-order valence-electron chi connectivity index (χ2n) is 8.30. The average molecular weight is 496 g/mol. The van der Waals surface area contributed by atoms with Gasteiger partial charge in [-0.15, -0.1) is 0 Å². The van der Waals surface area contributed by atoms with E-state index in [2.05, 4.69) is 35.9 Å². The molecule has 0 radical (unpaired) electrons. The molecule has 188 valence electrons. The van der Waals surface area contributed by atoms with E-state index in [1.165, 1.54) is 0 Å². The summed E-state index contributed by atoms with van der Waals surface area (Å²) in [5, 5.41) is 3.99. The third kappa shape index (κ3) is 7.28. The molecule has 1 amide bonds. The van der Waals surface area contributed by atoms with Gasteiger partial charge < -0.3 is 19.4 Å². The summed E-state index contributed by atoms with van der Waals surface area (Å²) in [5.74, 6) is 2.62. The minimum atomic E-state index is 0.137. The molecule has 3 rings (SSSR count). The number of hydrogen-bond donors (Lipinski definition) is 1. The fraction of sp³-hybridized carbons (Fsp3) is 0.429. The van der Waals surface area contributed by atoms with E-state index in [0.717, 1.165) is 83.7 Å². The van der Waals surface area contributed by atoms with Gasteiger partial charge in [0.05, 0.1) is 25.6 Å². The highest BCUT2D eigenvalue weighted by atomic mass is 32.2. The monoisotopic (exact) mass is 495 g/mol. The van der Waals surface area contributed by atoms with Gasteiger partial charge in [-0.2, -0.15) is 0 Å². The van der Waals surface area contributed by atoms with Crippen LogP contribution in [0, 0.1) is 0 Å². The first-order valence-corrected chi connectivity index (χ1v) is 13.4. The van der Waals surface area contributed by atoms with Gasteiger partial charge in [0.25, 0.3) is 0 Å². The van der Waals surface area contributed by atoms with Crippen molar-refractivity contribution in [3.8, 4) is 34.0 Å². The molecule has 1 heterocycles. The Morgan fingerprint density at radius 1 is 0.914 bits per heavy atom. The average Bonchev–Trinajstić information content (AvgIpc) is 3.27. The quantitative estimate of drug-likeness (QED) is 0.206. The van der Waals surface area contributed by atoms with E-state index in [0.29, 0.717) is 6.42 Å². The van der Waals surface area contributed by atoms with Crippen molar-refractivity contribution < 1.29 is 14.3 Å². The fourth-order valence-corrected chi connectivity index (χ4v) is 4.92. The lowest BCUT2D eigenvalue weighted by atomic mass is 10.0. The number of amides is 1. The highest BCUT2D eigenvalue weighted by molar-refractivity contribution is 7.99. The zero-order chi connectivity index (χ0) is 25.0. The van der Waals surface area contributed by atoms with Crippen molar-refractivity contribution in [3.05, 3.63) is 48.5 Å². The SMILES string of the molecule is CCCCCNC(=O)CCCSc1nc(-c2ccc(OC)cc2)c(-c2ccc(OC)cc2)n1CC. The molecule has 3 aromatic rings. The Hall–Kier alpha value is -2.93. The Kier molecular flexibility index (Phi) is 10.5. The van der Waals surface area contributed by atoms with Gasteiger partial charge in [0, 0.05) is 36.4 Å². The first kappa shape index (κ1) is 26.7. The van der Waals surface area contributed by atoms with Gasteiger partial charge in [0.1, 0.15) is 11.5 Å². The van der Waals surface area contributed by atoms with Crippen LogP contribution in [0.25, 0.3) is 22.5 Å². The van der Waals surface area contributed by atoms with Crippen molar-refractivity contribution in [1.82, 2.24) is 14.9 Å². The number of benzene rings is 2. The van der Waals surface area contributed by atoms with Gasteiger partial charge in [0.2, 0.25) is 5.91 Å². The molecule has 0 atom stereocenters. The Balaban J connectivity index is 1.79. The first-order valence-electron chi connectivity index (χ1n) is 12.4. The van der Waals surface area contributed by atoms with E-state index in [9.17, 15) is 4.79 Å². The Morgan fingerprint density at radius 3 is 2.11 bits per heavy atom. The molecular formula is C28H37N3O3S. The number of ether oxygens (including phenoxy) is 2. The fourth-order valence-electron chi connectivity index (χ4n) is 3.91. The predicted molar refractivity (Wildman–Crippen MR) is 144 cm³/mol. The molecule has 7 heteroatoms. The van der Waals surface area contributed by atoms with Crippen molar-refractivity contribution in [2.24, 2.45) is 0 Å². The number of nitrogens with one attached hydrogen (secondary N) is 1. The van der Waals surface area contributed by atoms with E-state index in [1.807, 2.05) is 36.4 Å². The molecule has 0 fully saturated rings. The number of thioether (sulfide) groups is 1. The largest absolute Gasteiger partial charge is 0.497 e. The van der Waals surface area contributed by atoms with Gasteiger partial charge in [0.15, 0.2) is 5.16 Å². The molecule has 6 nitrogen and oxygen atoms in total. The number of carbonyl (C=O) groups excluding carboxylic acids is 1. The molecule has 0 bridgehead atoms. The van der Waals surface area contributed by atoms with E-state index in [4.69, 9.17) is 14.5 Å². The lowest BCUT2D eigenvalue weighted by Gasteiger charge is -2.11. The molecule has 0 aliphatic rings. The smallest absolute Gasteiger partial charge is 0.220 e. The number of methoxy groups -OCH3 is 2. The summed E-state index contributed by atoms with van der Waals surface area (Å²) in [5.41, 5.74) is 4.15. The Bertz CT molecular complexity index is 1060. The molecule has 35 heavy (non-hydrogen) atoms. The maximum Gasteiger partial charge on any atom is 0.220 e. The van der Waals surface area contributed by atoms with E-state index in [1.54, 1.807) is 26.0 Å². The van der Waals surface area contributed by atoms with Crippen LogP contribution in [0.1, 0.15) is 46.0 Å². The van der Waals surface area contributed by atoms with Crippen LogP contribution in [0.4, 0.5) is 0 Å². The summed E-state index contributed by atoms with van der Waals surface area (Å²) >= 11 is 1.71. The third-order valence-corrected chi connectivity index (χ3v) is 6.92. The molecule has 0 saturated carbocycles. The summed E-state index contributed by atoms with van der Waals surface area (Å²) in [6.45, 7) is 5.88. The lowest BCUT2D eigenvalue weighted by Crippen LogP contribution is -2.24. The summed E-state index contributed by atoms with van der Waals surface area (Å²) in [6.07, 6.45) is 4.73. The summed E-state index contributed by atoms with van der Waals surface area (Å²) in [6, 6.07) is 16.1. The highest BCUT2D eigenvalue weighted by Gasteiger charge is 2.20. The van der Waals surface area contributed by atoms with Crippen molar-refractivity contribution in [2.75, 3.05) is 26.5 Å². The van der Waals surface area contributed by atoms with Crippen LogP contribution in [-0.4, -0.2) is 42.0 Å². The van der Waals surface area contributed by atoms with E-state index >= 15 is 0 Å². The van der Waals surface area contributed by atoms with Crippen LogP contribution in [0.5, 0.6) is 11.5 Å². The van der Waals surface area contributed by atoms with E-state index < -0.39 is 0 Å². The van der Waals surface area contributed by atoms with Gasteiger partial charge in [-0.3, -0.25) is 4.79 Å². The maximum absolute atomic E-state index is 12.1. The zero-order valence-electron chi connectivity index (χ0n) is 21.3. The maximum atomic E-state index is 12.1. The molecular weight excluding hydrogens is 458 g/mol. The molecule has 0 saturated heterocycles. The number of rotatable bonds is 14. The van der Waals surface area contributed by atoms with Crippen molar-refractivity contribution in [1.29, 1.82) is 0 Å². The molecule has 0 unspecified atom stereocenters. The molecule has 0 aliphatic carbocycles. The molecule has 2 aromatic carbocycles. The topological polar surface area (TPSA) is 65.4 Å². The van der Waals surface area contributed by atoms with Crippen LogP contribution in [-0.2, 0) is 11.3 Å². The predicted octanol–water partition coefficient (Wildman–Crippen LogP) is 6.43. The van der Waals surface area contributed by atoms with Crippen LogP contribution in [0.15, 0.2) is 53.7 Å². The zero-order valence-corrected chi connectivity index (χ0v) is 22.1.